The number of unbranched alkanes of at least 4 members (excludes halogenated alkanes) is 1. The third-order valence-corrected chi connectivity index (χ3v) is 1.88. The van der Waals surface area contributed by atoms with Gasteiger partial charge in [0.1, 0.15) is 6.10 Å². The zero-order valence-corrected chi connectivity index (χ0v) is 10.0. The molecule has 1 atom stereocenters. The van der Waals surface area contributed by atoms with E-state index in [-0.39, 0.29) is 5.57 Å². The first-order valence-corrected chi connectivity index (χ1v) is 5.38. The lowest BCUT2D eigenvalue weighted by Gasteiger charge is -2.13. The molecule has 0 aromatic rings. The predicted molar refractivity (Wildman–Crippen MR) is 61.7 cm³/mol. The SMILES string of the molecule is C=CCCCOOC(C)C(=C)C(=O)OCC. The van der Waals surface area contributed by atoms with Crippen LogP contribution >= 0.6 is 0 Å². The lowest BCUT2D eigenvalue weighted by molar-refractivity contribution is -0.312. The molecule has 4 nitrogen and oxygen atoms in total. The van der Waals surface area contributed by atoms with Crippen molar-refractivity contribution < 1.29 is 19.3 Å². The van der Waals surface area contributed by atoms with E-state index in [1.165, 1.54) is 0 Å². The van der Waals surface area contributed by atoms with Gasteiger partial charge >= 0.3 is 5.97 Å². The average molecular weight is 228 g/mol. The molecular formula is C12H20O4. The first-order valence-electron chi connectivity index (χ1n) is 5.38. The van der Waals surface area contributed by atoms with Gasteiger partial charge in [-0.05, 0) is 26.7 Å². The largest absolute Gasteiger partial charge is 0.463 e. The topological polar surface area (TPSA) is 44.8 Å². The maximum absolute atomic E-state index is 11.2. The number of hydrogen-bond donors (Lipinski definition) is 0. The average Bonchev–Trinajstić information content (AvgIpc) is 2.27. The van der Waals surface area contributed by atoms with Crippen molar-refractivity contribution >= 4 is 5.97 Å². The summed E-state index contributed by atoms with van der Waals surface area (Å²) in [6.07, 6.45) is 3.02. The van der Waals surface area contributed by atoms with E-state index in [1.54, 1.807) is 13.8 Å². The van der Waals surface area contributed by atoms with Gasteiger partial charge in [-0.15, -0.1) is 6.58 Å². The molecule has 16 heavy (non-hydrogen) atoms. The minimum atomic E-state index is -0.497. The minimum Gasteiger partial charge on any atom is -0.463 e. The summed E-state index contributed by atoms with van der Waals surface area (Å²) in [5, 5.41) is 0. The summed E-state index contributed by atoms with van der Waals surface area (Å²) in [5.74, 6) is -0.454. The van der Waals surface area contributed by atoms with Crippen molar-refractivity contribution in [3.63, 3.8) is 0 Å². The van der Waals surface area contributed by atoms with Crippen molar-refractivity contribution in [3.05, 3.63) is 24.8 Å². The lowest BCUT2D eigenvalue weighted by atomic mass is 10.2. The molecule has 0 amide bonds. The Labute approximate surface area is 96.8 Å². The van der Waals surface area contributed by atoms with Gasteiger partial charge in [-0.2, -0.15) is 0 Å². The van der Waals surface area contributed by atoms with Gasteiger partial charge in [0.25, 0.3) is 0 Å². The van der Waals surface area contributed by atoms with Crippen LogP contribution in [0, 0.1) is 0 Å². The molecule has 0 fully saturated rings. The Hall–Kier alpha value is -1.13. The fourth-order valence-electron chi connectivity index (χ4n) is 0.885. The Morgan fingerprint density at radius 3 is 2.75 bits per heavy atom. The van der Waals surface area contributed by atoms with Crippen LogP contribution < -0.4 is 0 Å². The zero-order valence-electron chi connectivity index (χ0n) is 10.0. The highest BCUT2D eigenvalue weighted by Crippen LogP contribution is 2.07. The molecule has 0 bridgehead atoms. The molecule has 4 heteroatoms. The van der Waals surface area contributed by atoms with E-state index in [0.717, 1.165) is 12.8 Å². The van der Waals surface area contributed by atoms with E-state index < -0.39 is 12.1 Å². The smallest absolute Gasteiger partial charge is 0.336 e. The molecule has 1 unspecified atom stereocenters. The number of ether oxygens (including phenoxy) is 1. The van der Waals surface area contributed by atoms with Crippen LogP contribution in [0.25, 0.3) is 0 Å². The summed E-state index contributed by atoms with van der Waals surface area (Å²) in [7, 11) is 0. The maximum Gasteiger partial charge on any atom is 0.336 e. The van der Waals surface area contributed by atoms with Crippen LogP contribution in [0.3, 0.4) is 0 Å². The van der Waals surface area contributed by atoms with Crippen molar-refractivity contribution in [3.8, 4) is 0 Å². The highest BCUT2D eigenvalue weighted by Gasteiger charge is 2.16. The number of hydrogen-bond acceptors (Lipinski definition) is 4. The van der Waals surface area contributed by atoms with Crippen molar-refractivity contribution in [2.75, 3.05) is 13.2 Å². The van der Waals surface area contributed by atoms with Crippen molar-refractivity contribution in [2.24, 2.45) is 0 Å². The second kappa shape index (κ2) is 9.12. The molecule has 0 aromatic heterocycles. The standard InChI is InChI=1S/C12H20O4/c1-5-7-8-9-15-16-11(4)10(3)12(13)14-6-2/h5,11H,1,3,6-9H2,2,4H3. The highest BCUT2D eigenvalue weighted by molar-refractivity contribution is 5.88. The van der Waals surface area contributed by atoms with E-state index >= 15 is 0 Å². The van der Waals surface area contributed by atoms with Crippen molar-refractivity contribution in [1.82, 2.24) is 0 Å². The number of allylic oxidation sites excluding steroid dienone is 1. The zero-order chi connectivity index (χ0) is 12.4. The van der Waals surface area contributed by atoms with E-state index in [1.807, 2.05) is 6.08 Å². The maximum atomic E-state index is 11.2. The Bertz CT molecular complexity index is 235. The summed E-state index contributed by atoms with van der Waals surface area (Å²) in [5.41, 5.74) is 0.255. The Morgan fingerprint density at radius 1 is 1.50 bits per heavy atom. The molecule has 0 radical (unpaired) electrons. The molecule has 0 heterocycles. The Kier molecular flexibility index (Phi) is 8.48. The van der Waals surface area contributed by atoms with E-state index in [0.29, 0.717) is 13.2 Å². The van der Waals surface area contributed by atoms with Crippen LogP contribution in [0.5, 0.6) is 0 Å². The Balaban J connectivity index is 3.70. The van der Waals surface area contributed by atoms with Gasteiger partial charge in [-0.25, -0.2) is 14.6 Å². The van der Waals surface area contributed by atoms with E-state index in [2.05, 4.69) is 13.2 Å². The number of rotatable bonds is 9. The summed E-state index contributed by atoms with van der Waals surface area (Å²) >= 11 is 0. The molecule has 0 aromatic carbocycles. The second-order valence-electron chi connectivity index (χ2n) is 3.24. The van der Waals surface area contributed by atoms with Gasteiger partial charge in [-0.3, -0.25) is 0 Å². The van der Waals surface area contributed by atoms with Crippen LogP contribution in [0.4, 0.5) is 0 Å². The first kappa shape index (κ1) is 14.9. The monoisotopic (exact) mass is 228 g/mol. The second-order valence-corrected chi connectivity index (χ2v) is 3.24. The normalized spacial score (nSPS) is 11.9. The third-order valence-electron chi connectivity index (χ3n) is 1.88. The van der Waals surface area contributed by atoms with Gasteiger partial charge in [0.05, 0.1) is 18.8 Å². The molecule has 0 spiro atoms. The van der Waals surface area contributed by atoms with Gasteiger partial charge in [0.15, 0.2) is 0 Å². The summed E-state index contributed by atoms with van der Waals surface area (Å²) in [6, 6.07) is 0. The summed E-state index contributed by atoms with van der Waals surface area (Å²) in [4.78, 5) is 21.2. The van der Waals surface area contributed by atoms with E-state index in [4.69, 9.17) is 14.5 Å². The molecule has 0 aliphatic heterocycles. The predicted octanol–water partition coefficient (Wildman–Crippen LogP) is 2.41. The van der Waals surface area contributed by atoms with E-state index in [9.17, 15) is 4.79 Å². The third kappa shape index (κ3) is 6.37. The van der Waals surface area contributed by atoms with Crippen molar-refractivity contribution in [2.45, 2.75) is 32.8 Å². The lowest BCUT2D eigenvalue weighted by Crippen LogP contribution is -2.20. The van der Waals surface area contributed by atoms with Gasteiger partial charge < -0.3 is 4.74 Å². The number of esters is 1. The molecule has 0 rings (SSSR count). The first-order chi connectivity index (χ1) is 7.63. The quantitative estimate of drug-likeness (QED) is 0.152. The van der Waals surface area contributed by atoms with Crippen molar-refractivity contribution in [1.29, 1.82) is 0 Å². The van der Waals surface area contributed by atoms with Gasteiger partial charge in [-0.1, -0.05) is 12.7 Å². The fourth-order valence-corrected chi connectivity index (χ4v) is 0.885. The van der Waals surface area contributed by atoms with Gasteiger partial charge in [0, 0.05) is 0 Å². The molecule has 0 N–H and O–H groups in total. The Morgan fingerprint density at radius 2 is 2.19 bits per heavy atom. The molecular weight excluding hydrogens is 208 g/mol. The summed E-state index contributed by atoms with van der Waals surface area (Å²) < 4.78 is 4.78. The molecule has 92 valence electrons. The van der Waals surface area contributed by atoms with Crippen LogP contribution in [0.15, 0.2) is 24.8 Å². The van der Waals surface area contributed by atoms with Crippen LogP contribution in [0.2, 0.25) is 0 Å². The fraction of sp³-hybridized carbons (Fsp3) is 0.583. The van der Waals surface area contributed by atoms with Crippen LogP contribution in [0.1, 0.15) is 26.7 Å². The summed E-state index contributed by atoms with van der Waals surface area (Å²) in [6.45, 7) is 11.4. The van der Waals surface area contributed by atoms with Crippen LogP contribution in [-0.2, 0) is 19.3 Å². The minimum absolute atomic E-state index is 0.255. The molecule has 0 aliphatic rings. The number of carbonyl (C=O) groups excluding carboxylic acids is 1. The number of carbonyl (C=O) groups is 1. The molecule has 0 saturated carbocycles. The highest BCUT2D eigenvalue weighted by atomic mass is 17.2. The van der Waals surface area contributed by atoms with Crippen LogP contribution in [-0.4, -0.2) is 25.3 Å². The molecule has 0 aliphatic carbocycles. The molecule has 0 saturated heterocycles. The van der Waals surface area contributed by atoms with Gasteiger partial charge in [0.2, 0.25) is 0 Å².